The maximum atomic E-state index is 12.6. The van der Waals surface area contributed by atoms with Gasteiger partial charge < -0.3 is 11.5 Å². The van der Waals surface area contributed by atoms with Gasteiger partial charge in [-0.05, 0) is 56.4 Å². The van der Waals surface area contributed by atoms with Gasteiger partial charge in [-0.25, -0.2) is 0 Å². The summed E-state index contributed by atoms with van der Waals surface area (Å²) < 4.78 is 0. The number of ketones is 1. The highest BCUT2D eigenvalue weighted by molar-refractivity contribution is 5.90. The van der Waals surface area contributed by atoms with Gasteiger partial charge in [0.25, 0.3) is 0 Å². The zero-order chi connectivity index (χ0) is 14.0. The van der Waals surface area contributed by atoms with E-state index in [0.717, 1.165) is 19.4 Å². The number of carbonyl (C=O) groups excluding carboxylic acids is 1. The molecule has 0 aromatic rings. The fourth-order valence-electron chi connectivity index (χ4n) is 6.03. The number of nitrogens with one attached hydrogen (secondary N) is 1. The van der Waals surface area contributed by atoms with Crippen LogP contribution in [0.1, 0.15) is 51.4 Å². The monoisotopic (exact) mass is 277 g/mol. The SMILES string of the molecule is NC12NCCC1C1CCC3CCCCC3(N)C1CC2=O. The molecule has 4 rings (SSSR count). The molecule has 4 nitrogen and oxygen atoms in total. The zero-order valence-corrected chi connectivity index (χ0v) is 12.2. The van der Waals surface area contributed by atoms with Gasteiger partial charge in [-0.15, -0.1) is 0 Å². The minimum atomic E-state index is -0.737. The average Bonchev–Trinajstić information content (AvgIpc) is 2.83. The first-order valence-corrected chi connectivity index (χ1v) is 8.42. The van der Waals surface area contributed by atoms with Gasteiger partial charge >= 0.3 is 0 Å². The van der Waals surface area contributed by atoms with Crippen molar-refractivity contribution < 1.29 is 4.79 Å². The summed E-state index contributed by atoms with van der Waals surface area (Å²) in [4.78, 5) is 12.6. The maximum Gasteiger partial charge on any atom is 0.167 e. The molecule has 0 aromatic heterocycles. The Hall–Kier alpha value is -0.450. The molecular formula is C16H27N3O. The highest BCUT2D eigenvalue weighted by Gasteiger charge is 2.61. The van der Waals surface area contributed by atoms with Crippen molar-refractivity contribution in [1.29, 1.82) is 0 Å². The van der Waals surface area contributed by atoms with E-state index in [-0.39, 0.29) is 11.3 Å². The summed E-state index contributed by atoms with van der Waals surface area (Å²) in [6.45, 7) is 0.886. The Bertz CT molecular complexity index is 439. The lowest BCUT2D eigenvalue weighted by molar-refractivity contribution is -0.139. The van der Waals surface area contributed by atoms with E-state index >= 15 is 0 Å². The van der Waals surface area contributed by atoms with Crippen LogP contribution in [0.5, 0.6) is 0 Å². The Morgan fingerprint density at radius 2 is 1.90 bits per heavy atom. The fraction of sp³-hybridized carbons (Fsp3) is 0.938. The summed E-state index contributed by atoms with van der Waals surface area (Å²) in [5.41, 5.74) is 12.5. The van der Waals surface area contributed by atoms with Crippen molar-refractivity contribution in [3.63, 3.8) is 0 Å². The Morgan fingerprint density at radius 1 is 1.05 bits per heavy atom. The van der Waals surface area contributed by atoms with Crippen LogP contribution in [-0.2, 0) is 4.79 Å². The van der Waals surface area contributed by atoms with Gasteiger partial charge in [-0.3, -0.25) is 10.1 Å². The van der Waals surface area contributed by atoms with E-state index in [1.165, 1.54) is 32.1 Å². The Kier molecular flexibility index (Phi) is 2.83. The first kappa shape index (κ1) is 13.2. The quantitative estimate of drug-likeness (QED) is 0.620. The van der Waals surface area contributed by atoms with Crippen LogP contribution in [0.2, 0.25) is 0 Å². The highest BCUT2D eigenvalue weighted by atomic mass is 16.1. The van der Waals surface area contributed by atoms with Gasteiger partial charge in [0.1, 0.15) is 5.66 Å². The summed E-state index contributed by atoms with van der Waals surface area (Å²) in [5.74, 6) is 2.13. The lowest BCUT2D eigenvalue weighted by atomic mass is 9.50. The first-order chi connectivity index (χ1) is 9.56. The molecule has 4 heteroatoms. The van der Waals surface area contributed by atoms with Crippen molar-refractivity contribution in [2.75, 3.05) is 6.54 Å². The molecule has 0 radical (unpaired) electrons. The van der Waals surface area contributed by atoms with Crippen molar-refractivity contribution in [2.24, 2.45) is 35.1 Å². The van der Waals surface area contributed by atoms with Crippen molar-refractivity contribution in [1.82, 2.24) is 5.32 Å². The Labute approximate surface area is 121 Å². The number of rotatable bonds is 0. The molecule has 3 aliphatic carbocycles. The molecule has 1 aliphatic heterocycles. The summed E-state index contributed by atoms with van der Waals surface area (Å²) in [6, 6.07) is 0. The largest absolute Gasteiger partial charge is 0.325 e. The molecule has 0 bridgehead atoms. The Balaban J connectivity index is 1.70. The number of hydrogen-bond acceptors (Lipinski definition) is 4. The number of nitrogens with two attached hydrogens (primary N) is 2. The fourth-order valence-corrected chi connectivity index (χ4v) is 6.03. The van der Waals surface area contributed by atoms with E-state index in [1.54, 1.807) is 0 Å². The molecule has 20 heavy (non-hydrogen) atoms. The number of carbonyl (C=O) groups is 1. The third kappa shape index (κ3) is 1.56. The van der Waals surface area contributed by atoms with E-state index in [0.29, 0.717) is 30.1 Å². The third-order valence-corrected chi connectivity index (χ3v) is 7.07. The molecule has 112 valence electrons. The molecule has 1 saturated heterocycles. The van der Waals surface area contributed by atoms with Gasteiger partial charge in [0, 0.05) is 17.9 Å². The van der Waals surface area contributed by atoms with Crippen LogP contribution in [0, 0.1) is 23.7 Å². The molecule has 0 aromatic carbocycles. The van der Waals surface area contributed by atoms with E-state index in [4.69, 9.17) is 11.5 Å². The van der Waals surface area contributed by atoms with Crippen LogP contribution < -0.4 is 16.8 Å². The number of fused-ring (bicyclic) bond motifs is 5. The predicted molar refractivity (Wildman–Crippen MR) is 77.7 cm³/mol. The van der Waals surface area contributed by atoms with Gasteiger partial charge in [-0.2, -0.15) is 0 Å². The van der Waals surface area contributed by atoms with Crippen LogP contribution in [0.3, 0.4) is 0 Å². The molecular weight excluding hydrogens is 250 g/mol. The molecule has 6 unspecified atom stereocenters. The molecule has 0 spiro atoms. The van der Waals surface area contributed by atoms with Crippen molar-refractivity contribution in [3.05, 3.63) is 0 Å². The zero-order valence-electron chi connectivity index (χ0n) is 12.2. The van der Waals surface area contributed by atoms with E-state index in [2.05, 4.69) is 5.32 Å². The minimum absolute atomic E-state index is 0.0826. The standard InChI is InChI=1S/C16H27N3O/c17-15-7-2-1-3-10(15)4-5-11-12-6-8-19-16(12,18)14(20)9-13(11)15/h10-13,19H,1-9,17-18H2. The average molecular weight is 277 g/mol. The lowest BCUT2D eigenvalue weighted by Crippen LogP contribution is -2.70. The summed E-state index contributed by atoms with van der Waals surface area (Å²) >= 11 is 0. The second-order valence-electron chi connectivity index (χ2n) is 7.72. The number of Topliss-reactive ketones (excluding diaryl/α,β-unsaturated/α-hetero) is 1. The van der Waals surface area contributed by atoms with Gasteiger partial charge in [-0.1, -0.05) is 12.8 Å². The second-order valence-corrected chi connectivity index (χ2v) is 7.72. The molecule has 3 saturated carbocycles. The van der Waals surface area contributed by atoms with Gasteiger partial charge in [0.15, 0.2) is 5.78 Å². The van der Waals surface area contributed by atoms with Crippen molar-refractivity contribution >= 4 is 5.78 Å². The van der Waals surface area contributed by atoms with Gasteiger partial charge in [0.05, 0.1) is 0 Å². The summed E-state index contributed by atoms with van der Waals surface area (Å²) in [6.07, 6.45) is 9.07. The topological polar surface area (TPSA) is 81.1 Å². The molecule has 0 amide bonds. The van der Waals surface area contributed by atoms with E-state index in [1.807, 2.05) is 0 Å². The van der Waals surface area contributed by atoms with E-state index in [9.17, 15) is 4.79 Å². The predicted octanol–water partition coefficient (Wildman–Crippen LogP) is 1.14. The molecule has 6 atom stereocenters. The van der Waals surface area contributed by atoms with Crippen LogP contribution in [-0.4, -0.2) is 23.5 Å². The third-order valence-electron chi connectivity index (χ3n) is 7.07. The highest BCUT2D eigenvalue weighted by Crippen LogP contribution is 2.56. The molecule has 1 heterocycles. The van der Waals surface area contributed by atoms with Crippen LogP contribution in [0.15, 0.2) is 0 Å². The van der Waals surface area contributed by atoms with Gasteiger partial charge in [0.2, 0.25) is 0 Å². The first-order valence-electron chi connectivity index (χ1n) is 8.42. The summed E-state index contributed by atoms with van der Waals surface area (Å²) in [7, 11) is 0. The second kappa shape index (κ2) is 4.28. The molecule has 4 aliphatic rings. The van der Waals surface area contributed by atoms with Crippen LogP contribution in [0.4, 0.5) is 0 Å². The molecule has 5 N–H and O–H groups in total. The smallest absolute Gasteiger partial charge is 0.167 e. The van der Waals surface area contributed by atoms with Crippen molar-refractivity contribution in [2.45, 2.75) is 62.6 Å². The van der Waals surface area contributed by atoms with Crippen molar-refractivity contribution in [3.8, 4) is 0 Å². The lowest BCUT2D eigenvalue weighted by Gasteiger charge is -2.58. The van der Waals surface area contributed by atoms with E-state index < -0.39 is 5.66 Å². The Morgan fingerprint density at radius 3 is 2.75 bits per heavy atom. The van der Waals surface area contributed by atoms with Crippen LogP contribution in [0.25, 0.3) is 0 Å². The van der Waals surface area contributed by atoms with Crippen LogP contribution >= 0.6 is 0 Å². The normalized spacial score (nSPS) is 55.0. The maximum absolute atomic E-state index is 12.6. The number of hydrogen-bond donors (Lipinski definition) is 3. The molecule has 4 fully saturated rings. The summed E-state index contributed by atoms with van der Waals surface area (Å²) in [5, 5.41) is 3.29. The minimum Gasteiger partial charge on any atom is -0.325 e.